The molecule has 0 aliphatic rings. The van der Waals surface area contributed by atoms with Crippen LogP contribution in [-0.2, 0) is 11.2 Å². The van der Waals surface area contributed by atoms with E-state index >= 15 is 0 Å². The molecule has 0 spiro atoms. The molecule has 3 nitrogen and oxygen atoms in total. The minimum absolute atomic E-state index is 0.117. The summed E-state index contributed by atoms with van der Waals surface area (Å²) < 4.78 is 1.24. The van der Waals surface area contributed by atoms with Crippen LogP contribution in [0.15, 0.2) is 24.3 Å². The van der Waals surface area contributed by atoms with E-state index in [1.807, 2.05) is 24.5 Å². The number of thioether (sulfide) groups is 1. The topological polar surface area (TPSA) is 42.0 Å². The number of para-hydroxylation sites is 1. The highest BCUT2D eigenvalue weighted by atomic mass is 32.2. The molecule has 0 saturated carbocycles. The zero-order chi connectivity index (χ0) is 12.8. The summed E-state index contributed by atoms with van der Waals surface area (Å²) in [6.45, 7) is 0.731. The number of aryl methyl sites for hydroxylation is 1. The average Bonchev–Trinajstić information content (AvgIpc) is 2.77. The molecule has 1 N–H and O–H groups in total. The predicted molar refractivity (Wildman–Crippen MR) is 79.3 cm³/mol. The Kier molecular flexibility index (Phi) is 5.01. The van der Waals surface area contributed by atoms with Crippen molar-refractivity contribution in [1.82, 2.24) is 10.3 Å². The van der Waals surface area contributed by atoms with Gasteiger partial charge in [0.05, 0.1) is 21.0 Å². The number of carbonyl (C=O) groups is 1. The molecular formula is C13H16N2OS2. The smallest absolute Gasteiger partial charge is 0.229 e. The second-order valence-electron chi connectivity index (χ2n) is 3.96. The highest BCUT2D eigenvalue weighted by molar-refractivity contribution is 7.99. The van der Waals surface area contributed by atoms with E-state index in [0.29, 0.717) is 5.75 Å². The molecule has 0 saturated heterocycles. The van der Waals surface area contributed by atoms with Gasteiger partial charge in [0.15, 0.2) is 0 Å². The zero-order valence-corrected chi connectivity index (χ0v) is 11.9. The van der Waals surface area contributed by atoms with Crippen molar-refractivity contribution in [2.24, 2.45) is 0 Å². The largest absolute Gasteiger partial charge is 0.355 e. The van der Waals surface area contributed by atoms with E-state index in [4.69, 9.17) is 0 Å². The molecule has 2 aromatic rings. The Morgan fingerprint density at radius 3 is 3.06 bits per heavy atom. The van der Waals surface area contributed by atoms with Gasteiger partial charge >= 0.3 is 0 Å². The number of nitrogens with zero attached hydrogens (tertiary/aromatic N) is 1. The summed E-state index contributed by atoms with van der Waals surface area (Å²) in [5, 5.41) is 4.05. The van der Waals surface area contributed by atoms with Crippen LogP contribution in [0.3, 0.4) is 0 Å². The molecule has 1 aromatic carbocycles. The fraction of sp³-hybridized carbons (Fsp3) is 0.385. The molecule has 1 aromatic heterocycles. The summed E-state index contributed by atoms with van der Waals surface area (Å²) >= 11 is 3.28. The van der Waals surface area contributed by atoms with Crippen LogP contribution in [0.2, 0.25) is 0 Å². The van der Waals surface area contributed by atoms with Crippen molar-refractivity contribution in [2.75, 3.05) is 18.6 Å². The quantitative estimate of drug-likeness (QED) is 0.827. The van der Waals surface area contributed by atoms with Crippen LogP contribution < -0.4 is 5.32 Å². The summed E-state index contributed by atoms with van der Waals surface area (Å²) in [6.07, 6.45) is 3.81. The molecule has 0 fully saturated rings. The van der Waals surface area contributed by atoms with Gasteiger partial charge in [-0.25, -0.2) is 4.98 Å². The number of hydrogen-bond donors (Lipinski definition) is 1. The van der Waals surface area contributed by atoms with Gasteiger partial charge in [-0.1, -0.05) is 12.1 Å². The van der Waals surface area contributed by atoms with Gasteiger partial charge in [-0.3, -0.25) is 4.79 Å². The highest BCUT2D eigenvalue weighted by Crippen LogP contribution is 2.22. The summed E-state index contributed by atoms with van der Waals surface area (Å²) in [7, 11) is 0. The van der Waals surface area contributed by atoms with Gasteiger partial charge in [-0.15, -0.1) is 11.3 Å². The fourth-order valence-corrected chi connectivity index (χ4v) is 3.05. The standard InChI is InChI=1S/C13H16N2OS2/c1-17-9-12(16)14-8-4-7-13-15-10-5-2-3-6-11(10)18-13/h2-3,5-6H,4,7-9H2,1H3,(H,14,16). The molecular weight excluding hydrogens is 264 g/mol. The second kappa shape index (κ2) is 6.75. The first-order chi connectivity index (χ1) is 8.79. The van der Waals surface area contributed by atoms with Crippen LogP contribution in [0.4, 0.5) is 0 Å². The number of nitrogens with one attached hydrogen (secondary N) is 1. The van der Waals surface area contributed by atoms with E-state index in [1.54, 1.807) is 23.1 Å². The first-order valence-corrected chi connectivity index (χ1v) is 8.10. The Bertz CT molecular complexity index is 491. The van der Waals surface area contributed by atoms with E-state index in [-0.39, 0.29) is 5.91 Å². The third kappa shape index (κ3) is 3.71. The average molecular weight is 280 g/mol. The van der Waals surface area contributed by atoms with Crippen LogP contribution in [0.5, 0.6) is 0 Å². The number of thiazole rings is 1. The molecule has 1 heterocycles. The Morgan fingerprint density at radius 2 is 2.28 bits per heavy atom. The first-order valence-electron chi connectivity index (χ1n) is 5.89. The number of fused-ring (bicyclic) bond motifs is 1. The lowest BCUT2D eigenvalue weighted by Crippen LogP contribution is -2.26. The van der Waals surface area contributed by atoms with Gasteiger partial charge in [0.1, 0.15) is 0 Å². The summed E-state index contributed by atoms with van der Waals surface area (Å²) in [5.74, 6) is 0.660. The second-order valence-corrected chi connectivity index (χ2v) is 5.94. The Balaban J connectivity index is 1.78. The minimum atomic E-state index is 0.117. The predicted octanol–water partition coefficient (Wildman–Crippen LogP) is 2.71. The molecule has 96 valence electrons. The Morgan fingerprint density at radius 1 is 1.44 bits per heavy atom. The maximum absolute atomic E-state index is 11.3. The molecule has 0 bridgehead atoms. The normalized spacial score (nSPS) is 10.7. The number of hydrogen-bond acceptors (Lipinski definition) is 4. The van der Waals surface area contributed by atoms with Crippen molar-refractivity contribution in [3.05, 3.63) is 29.3 Å². The van der Waals surface area contributed by atoms with Crippen LogP contribution in [-0.4, -0.2) is 29.4 Å². The number of rotatable bonds is 6. The number of benzene rings is 1. The van der Waals surface area contributed by atoms with Gasteiger partial charge in [-0.05, 0) is 24.8 Å². The summed E-state index contributed by atoms with van der Waals surface area (Å²) in [6, 6.07) is 8.17. The molecule has 2 rings (SSSR count). The van der Waals surface area contributed by atoms with Crippen molar-refractivity contribution in [3.8, 4) is 0 Å². The van der Waals surface area contributed by atoms with Crippen molar-refractivity contribution in [2.45, 2.75) is 12.8 Å². The van der Waals surface area contributed by atoms with Gasteiger partial charge in [-0.2, -0.15) is 11.8 Å². The monoisotopic (exact) mass is 280 g/mol. The number of amides is 1. The lowest BCUT2D eigenvalue weighted by molar-refractivity contribution is -0.118. The lowest BCUT2D eigenvalue weighted by atomic mass is 10.3. The third-order valence-corrected chi connectivity index (χ3v) is 4.15. The molecule has 0 aliphatic heterocycles. The van der Waals surface area contributed by atoms with E-state index in [1.165, 1.54) is 4.70 Å². The van der Waals surface area contributed by atoms with Crippen LogP contribution in [0.25, 0.3) is 10.2 Å². The van der Waals surface area contributed by atoms with Crippen LogP contribution in [0.1, 0.15) is 11.4 Å². The van der Waals surface area contributed by atoms with E-state index in [2.05, 4.69) is 16.4 Å². The van der Waals surface area contributed by atoms with Crippen molar-refractivity contribution < 1.29 is 4.79 Å². The molecule has 0 atom stereocenters. The molecule has 18 heavy (non-hydrogen) atoms. The maximum Gasteiger partial charge on any atom is 0.229 e. The SMILES string of the molecule is CSCC(=O)NCCCc1nc2ccccc2s1. The maximum atomic E-state index is 11.3. The molecule has 0 aliphatic carbocycles. The number of carbonyl (C=O) groups excluding carboxylic acids is 1. The van der Waals surface area contributed by atoms with E-state index < -0.39 is 0 Å². The van der Waals surface area contributed by atoms with Crippen molar-refractivity contribution >= 4 is 39.2 Å². The van der Waals surface area contributed by atoms with Crippen molar-refractivity contribution in [3.63, 3.8) is 0 Å². The van der Waals surface area contributed by atoms with Crippen molar-refractivity contribution in [1.29, 1.82) is 0 Å². The molecule has 5 heteroatoms. The molecule has 0 unspecified atom stereocenters. The van der Waals surface area contributed by atoms with Gasteiger partial charge < -0.3 is 5.32 Å². The molecule has 0 radical (unpaired) electrons. The first kappa shape index (κ1) is 13.4. The highest BCUT2D eigenvalue weighted by Gasteiger charge is 2.03. The van der Waals surface area contributed by atoms with Gasteiger partial charge in [0.25, 0.3) is 0 Å². The third-order valence-electron chi connectivity index (χ3n) is 2.50. The molecule has 1 amide bonds. The zero-order valence-electron chi connectivity index (χ0n) is 10.3. The van der Waals surface area contributed by atoms with Crippen LogP contribution in [0, 0.1) is 0 Å². The van der Waals surface area contributed by atoms with Crippen LogP contribution >= 0.6 is 23.1 Å². The fourth-order valence-electron chi connectivity index (χ4n) is 1.68. The van der Waals surface area contributed by atoms with E-state index in [9.17, 15) is 4.79 Å². The van der Waals surface area contributed by atoms with Gasteiger partial charge in [0.2, 0.25) is 5.91 Å². The summed E-state index contributed by atoms with van der Waals surface area (Å²) in [5.41, 5.74) is 1.07. The Labute approximate surface area is 115 Å². The van der Waals surface area contributed by atoms with Gasteiger partial charge in [0, 0.05) is 13.0 Å². The minimum Gasteiger partial charge on any atom is -0.355 e. The number of aromatic nitrogens is 1. The summed E-state index contributed by atoms with van der Waals surface area (Å²) in [4.78, 5) is 15.8. The van der Waals surface area contributed by atoms with E-state index in [0.717, 1.165) is 29.9 Å². The lowest BCUT2D eigenvalue weighted by Gasteiger charge is -2.02. The Hall–Kier alpha value is -1.07.